The Hall–Kier alpha value is -1.61. The van der Waals surface area contributed by atoms with Crippen LogP contribution in [0.2, 0.25) is 0 Å². The molecule has 0 saturated carbocycles. The molecule has 4 N–H and O–H groups in total. The topological polar surface area (TPSA) is 108 Å². The maximum absolute atomic E-state index is 10.9. The van der Waals surface area contributed by atoms with Crippen LogP contribution in [0, 0.1) is 11.3 Å². The van der Waals surface area contributed by atoms with Crippen LogP contribution in [0.15, 0.2) is 0 Å². The number of carbonyl (C=O) groups is 2. The molecule has 0 aliphatic heterocycles. The van der Waals surface area contributed by atoms with Crippen molar-refractivity contribution in [1.82, 2.24) is 10.6 Å². The first kappa shape index (κ1) is 13.4. The molecule has 6 nitrogen and oxygen atoms in total. The number of nitrogens with two attached hydrogens (primary N) is 1. The van der Waals surface area contributed by atoms with E-state index in [0.29, 0.717) is 13.0 Å². The van der Waals surface area contributed by atoms with Crippen LogP contribution in [0.5, 0.6) is 0 Å². The van der Waals surface area contributed by atoms with Crippen molar-refractivity contribution in [3.8, 4) is 6.07 Å². The fourth-order valence-electron chi connectivity index (χ4n) is 0.952. The molecule has 0 aliphatic rings. The van der Waals surface area contributed by atoms with Gasteiger partial charge in [0.15, 0.2) is 0 Å². The number of amides is 2. The third kappa shape index (κ3) is 10.3. The zero-order valence-electron chi connectivity index (χ0n) is 8.58. The van der Waals surface area contributed by atoms with Crippen molar-refractivity contribution in [2.75, 3.05) is 19.6 Å². The molecule has 0 aromatic carbocycles. The molecule has 0 atom stereocenters. The fourth-order valence-corrected chi connectivity index (χ4v) is 0.952. The van der Waals surface area contributed by atoms with Crippen LogP contribution in [0.1, 0.15) is 19.3 Å². The van der Waals surface area contributed by atoms with Crippen LogP contribution in [0.3, 0.4) is 0 Å². The molecule has 0 rings (SSSR count). The summed E-state index contributed by atoms with van der Waals surface area (Å²) in [5, 5.41) is 13.5. The minimum atomic E-state index is -0.304. The van der Waals surface area contributed by atoms with Crippen molar-refractivity contribution in [3.05, 3.63) is 0 Å². The first-order valence-corrected chi connectivity index (χ1v) is 4.79. The number of carbonyl (C=O) groups excluding carboxylic acids is 2. The third-order valence-electron chi connectivity index (χ3n) is 1.68. The number of rotatable bonds is 8. The molecule has 15 heavy (non-hydrogen) atoms. The molecule has 0 bridgehead atoms. The Bertz CT molecular complexity index is 247. The molecule has 0 aromatic rings. The second-order valence-electron chi connectivity index (χ2n) is 3.04. The van der Waals surface area contributed by atoms with Gasteiger partial charge in [-0.1, -0.05) is 0 Å². The summed E-state index contributed by atoms with van der Waals surface area (Å²) in [5.41, 5.74) is 4.96. The van der Waals surface area contributed by atoms with E-state index in [2.05, 4.69) is 10.6 Å². The van der Waals surface area contributed by atoms with Gasteiger partial charge in [-0.25, -0.2) is 0 Å². The number of nitrogens with zero attached hydrogens (tertiary/aromatic N) is 1. The van der Waals surface area contributed by atoms with Gasteiger partial charge in [-0.05, 0) is 19.4 Å². The van der Waals surface area contributed by atoms with Gasteiger partial charge in [0.2, 0.25) is 11.8 Å². The summed E-state index contributed by atoms with van der Waals surface area (Å²) in [4.78, 5) is 21.3. The highest BCUT2D eigenvalue weighted by Gasteiger charge is 1.98. The van der Waals surface area contributed by atoms with Crippen LogP contribution in [0.25, 0.3) is 0 Å². The molecule has 0 aliphatic carbocycles. The van der Waals surface area contributed by atoms with Crippen molar-refractivity contribution in [3.63, 3.8) is 0 Å². The minimum absolute atomic E-state index is 0.0299. The summed E-state index contributed by atoms with van der Waals surface area (Å²) in [6.45, 7) is 0.883. The van der Waals surface area contributed by atoms with Crippen LogP contribution < -0.4 is 16.4 Å². The van der Waals surface area contributed by atoms with E-state index in [1.54, 1.807) is 0 Å². The lowest BCUT2D eigenvalue weighted by Gasteiger charge is -2.03. The quantitative estimate of drug-likeness (QED) is 0.349. The zero-order valence-corrected chi connectivity index (χ0v) is 8.58. The van der Waals surface area contributed by atoms with E-state index in [-0.39, 0.29) is 24.9 Å². The van der Waals surface area contributed by atoms with E-state index in [1.165, 1.54) is 0 Å². The molecule has 6 heteroatoms. The Balaban J connectivity index is 3.20. The molecule has 84 valence electrons. The first-order valence-electron chi connectivity index (χ1n) is 4.79. The van der Waals surface area contributed by atoms with Crippen LogP contribution >= 0.6 is 0 Å². The number of nitrogens with one attached hydrogen (secondary N) is 2. The van der Waals surface area contributed by atoms with Crippen molar-refractivity contribution in [2.24, 2.45) is 5.73 Å². The Labute approximate surface area is 88.8 Å². The van der Waals surface area contributed by atoms with Gasteiger partial charge in [0.1, 0.15) is 6.54 Å². The standard InChI is InChI=1S/C9H16N4O2/c10-4-6-13-9(15)7-12-5-2-1-3-8(11)14/h12H,1-3,5-7H2,(H2,11,14)(H,13,15). The van der Waals surface area contributed by atoms with Gasteiger partial charge in [0.05, 0.1) is 12.6 Å². The molecule has 0 aromatic heterocycles. The normalized spacial score (nSPS) is 9.27. The van der Waals surface area contributed by atoms with E-state index in [4.69, 9.17) is 11.0 Å². The smallest absolute Gasteiger partial charge is 0.234 e. The largest absolute Gasteiger partial charge is 0.370 e. The predicted octanol–water partition coefficient (Wildman–Crippen LogP) is -1.13. The van der Waals surface area contributed by atoms with Crippen molar-refractivity contribution in [2.45, 2.75) is 19.3 Å². The molecule has 0 unspecified atom stereocenters. The molecule has 2 amide bonds. The Kier molecular flexibility index (Phi) is 8.00. The maximum atomic E-state index is 10.9. The second-order valence-corrected chi connectivity index (χ2v) is 3.04. The highest BCUT2D eigenvalue weighted by Crippen LogP contribution is 1.91. The van der Waals surface area contributed by atoms with Gasteiger partial charge in [-0.3, -0.25) is 9.59 Å². The van der Waals surface area contributed by atoms with Gasteiger partial charge < -0.3 is 16.4 Å². The van der Waals surface area contributed by atoms with E-state index in [9.17, 15) is 9.59 Å². The van der Waals surface area contributed by atoms with Gasteiger partial charge in [-0.15, -0.1) is 0 Å². The van der Waals surface area contributed by atoms with Gasteiger partial charge in [0, 0.05) is 6.42 Å². The molecular weight excluding hydrogens is 196 g/mol. The number of hydrogen-bond donors (Lipinski definition) is 3. The lowest BCUT2D eigenvalue weighted by Crippen LogP contribution is -2.34. The second kappa shape index (κ2) is 8.97. The summed E-state index contributed by atoms with van der Waals surface area (Å²) < 4.78 is 0. The van der Waals surface area contributed by atoms with Crippen molar-refractivity contribution in [1.29, 1.82) is 5.26 Å². The zero-order chi connectivity index (χ0) is 11.5. The average molecular weight is 212 g/mol. The summed E-state index contributed by atoms with van der Waals surface area (Å²) in [5.74, 6) is -0.506. The van der Waals surface area contributed by atoms with Crippen LogP contribution in [-0.2, 0) is 9.59 Å². The van der Waals surface area contributed by atoms with E-state index in [0.717, 1.165) is 12.8 Å². The number of hydrogen-bond acceptors (Lipinski definition) is 4. The van der Waals surface area contributed by atoms with E-state index >= 15 is 0 Å². The lowest BCUT2D eigenvalue weighted by molar-refractivity contribution is -0.120. The minimum Gasteiger partial charge on any atom is -0.370 e. The van der Waals surface area contributed by atoms with E-state index in [1.807, 2.05) is 6.07 Å². The summed E-state index contributed by atoms with van der Waals surface area (Å²) >= 11 is 0. The van der Waals surface area contributed by atoms with Crippen molar-refractivity contribution < 1.29 is 9.59 Å². The maximum Gasteiger partial charge on any atom is 0.234 e. The molecular formula is C9H16N4O2. The molecule has 0 radical (unpaired) electrons. The first-order chi connectivity index (χ1) is 7.16. The Morgan fingerprint density at radius 1 is 1.33 bits per heavy atom. The number of primary amides is 1. The van der Waals surface area contributed by atoms with Crippen LogP contribution in [0.4, 0.5) is 0 Å². The number of nitriles is 1. The Morgan fingerprint density at radius 2 is 2.07 bits per heavy atom. The molecule has 0 saturated heterocycles. The predicted molar refractivity (Wildman–Crippen MR) is 54.5 cm³/mol. The highest BCUT2D eigenvalue weighted by atomic mass is 16.2. The van der Waals surface area contributed by atoms with Crippen molar-refractivity contribution >= 4 is 11.8 Å². The average Bonchev–Trinajstić information content (AvgIpc) is 2.19. The highest BCUT2D eigenvalue weighted by molar-refractivity contribution is 5.78. The fraction of sp³-hybridized carbons (Fsp3) is 0.667. The van der Waals surface area contributed by atoms with Crippen LogP contribution in [-0.4, -0.2) is 31.4 Å². The summed E-state index contributed by atoms with van der Waals surface area (Å²) in [6, 6.07) is 1.81. The van der Waals surface area contributed by atoms with Gasteiger partial charge in [-0.2, -0.15) is 5.26 Å². The third-order valence-corrected chi connectivity index (χ3v) is 1.68. The SMILES string of the molecule is N#CCNC(=O)CNCCCCC(N)=O. The van der Waals surface area contributed by atoms with Gasteiger partial charge >= 0.3 is 0 Å². The summed E-state index contributed by atoms with van der Waals surface area (Å²) in [6.07, 6.45) is 1.90. The van der Waals surface area contributed by atoms with Gasteiger partial charge in [0.25, 0.3) is 0 Å². The Morgan fingerprint density at radius 3 is 2.67 bits per heavy atom. The molecule has 0 heterocycles. The van der Waals surface area contributed by atoms with E-state index < -0.39 is 0 Å². The lowest BCUT2D eigenvalue weighted by atomic mass is 10.2. The molecule has 0 spiro atoms. The number of unbranched alkanes of at least 4 members (excludes halogenated alkanes) is 1. The monoisotopic (exact) mass is 212 g/mol. The molecule has 0 fully saturated rings. The summed E-state index contributed by atoms with van der Waals surface area (Å²) in [7, 11) is 0.